The van der Waals surface area contributed by atoms with Gasteiger partial charge in [-0.1, -0.05) is 6.42 Å². The molecule has 1 fully saturated rings. The van der Waals surface area contributed by atoms with Crippen LogP contribution in [0.2, 0.25) is 0 Å². The van der Waals surface area contributed by atoms with E-state index in [0.29, 0.717) is 11.3 Å². The van der Waals surface area contributed by atoms with Crippen molar-refractivity contribution < 1.29 is 9.59 Å². The van der Waals surface area contributed by atoms with E-state index >= 15 is 0 Å². The maximum Gasteiger partial charge on any atom is 0.251 e. The van der Waals surface area contributed by atoms with E-state index in [-0.39, 0.29) is 23.4 Å². The van der Waals surface area contributed by atoms with Crippen LogP contribution in [0.4, 0.5) is 5.69 Å². The van der Waals surface area contributed by atoms with Gasteiger partial charge in [0.2, 0.25) is 5.91 Å². The molecule has 0 saturated carbocycles. The van der Waals surface area contributed by atoms with E-state index in [1.165, 1.54) is 0 Å². The van der Waals surface area contributed by atoms with Gasteiger partial charge in [0.1, 0.15) is 0 Å². The maximum absolute atomic E-state index is 12.1. The zero-order valence-corrected chi connectivity index (χ0v) is 13.5. The highest BCUT2D eigenvalue weighted by atomic mass is 16.2. The second kappa shape index (κ2) is 6.92. The molecule has 3 N–H and O–H groups in total. The summed E-state index contributed by atoms with van der Waals surface area (Å²) in [7, 11) is 0. The van der Waals surface area contributed by atoms with Gasteiger partial charge in [0.15, 0.2) is 0 Å². The molecular weight excluding hydrogens is 278 g/mol. The maximum atomic E-state index is 12.1. The molecule has 1 atom stereocenters. The van der Waals surface area contributed by atoms with Gasteiger partial charge in [-0.3, -0.25) is 9.59 Å². The minimum atomic E-state index is -0.267. The summed E-state index contributed by atoms with van der Waals surface area (Å²) in [6, 6.07) is 6.87. The highest BCUT2D eigenvalue weighted by molar-refractivity contribution is 5.97. The summed E-state index contributed by atoms with van der Waals surface area (Å²) in [5.41, 5.74) is 1.03. The van der Waals surface area contributed by atoms with Crippen LogP contribution >= 0.6 is 0 Å². The van der Waals surface area contributed by atoms with E-state index < -0.39 is 0 Å². The highest BCUT2D eigenvalue weighted by Crippen LogP contribution is 2.13. The molecule has 1 saturated heterocycles. The molecule has 22 heavy (non-hydrogen) atoms. The molecule has 0 unspecified atom stereocenters. The van der Waals surface area contributed by atoms with Crippen molar-refractivity contribution in [2.75, 3.05) is 11.9 Å². The van der Waals surface area contributed by atoms with Crippen molar-refractivity contribution in [3.8, 4) is 0 Å². The second-order valence-corrected chi connectivity index (χ2v) is 6.77. The number of amides is 2. The lowest BCUT2D eigenvalue weighted by Crippen LogP contribution is -2.43. The topological polar surface area (TPSA) is 70.2 Å². The summed E-state index contributed by atoms with van der Waals surface area (Å²) in [5.74, 6) is -0.120. The largest absolute Gasteiger partial charge is 0.347 e. The molecule has 0 bridgehead atoms. The standard InChI is InChI=1S/C17H25N3O2/c1-17(2,3)20-15(21)12-7-9-13(10-8-12)19-16(22)14-6-4-5-11-18-14/h7-10,14,18H,4-6,11H2,1-3H3,(H,19,22)(H,20,21)/t14-/m0/s1. The first kappa shape index (κ1) is 16.5. The lowest BCUT2D eigenvalue weighted by molar-refractivity contribution is -0.118. The van der Waals surface area contributed by atoms with Crippen molar-refractivity contribution in [2.45, 2.75) is 51.6 Å². The van der Waals surface area contributed by atoms with E-state index in [1.807, 2.05) is 20.8 Å². The van der Waals surface area contributed by atoms with Crippen LogP contribution in [0, 0.1) is 0 Å². The fraction of sp³-hybridized carbons (Fsp3) is 0.529. The Morgan fingerprint density at radius 1 is 1.14 bits per heavy atom. The van der Waals surface area contributed by atoms with Crippen LogP contribution in [0.1, 0.15) is 50.4 Å². The van der Waals surface area contributed by atoms with Crippen LogP contribution < -0.4 is 16.0 Å². The number of hydrogen-bond donors (Lipinski definition) is 3. The average Bonchev–Trinajstić information content (AvgIpc) is 2.47. The summed E-state index contributed by atoms with van der Waals surface area (Å²) >= 11 is 0. The summed E-state index contributed by atoms with van der Waals surface area (Å²) in [6.07, 6.45) is 3.08. The number of carbonyl (C=O) groups excluding carboxylic acids is 2. The molecule has 1 aromatic carbocycles. The van der Waals surface area contributed by atoms with Crippen LogP contribution in [0.5, 0.6) is 0 Å². The van der Waals surface area contributed by atoms with Gasteiger partial charge in [-0.2, -0.15) is 0 Å². The Bertz CT molecular complexity index is 526. The molecule has 0 spiro atoms. The normalized spacial score (nSPS) is 18.6. The molecule has 1 aliphatic rings. The van der Waals surface area contributed by atoms with Gasteiger partial charge in [0.25, 0.3) is 5.91 Å². The predicted octanol–water partition coefficient (Wildman–Crippen LogP) is 2.30. The van der Waals surface area contributed by atoms with E-state index in [1.54, 1.807) is 24.3 Å². The molecule has 1 aliphatic heterocycles. The van der Waals surface area contributed by atoms with Gasteiger partial charge >= 0.3 is 0 Å². The highest BCUT2D eigenvalue weighted by Gasteiger charge is 2.20. The van der Waals surface area contributed by atoms with Crippen LogP contribution in [0.15, 0.2) is 24.3 Å². The Kier molecular flexibility index (Phi) is 5.19. The molecule has 2 rings (SSSR count). The van der Waals surface area contributed by atoms with Crippen molar-refractivity contribution in [1.29, 1.82) is 0 Å². The number of anilines is 1. The minimum Gasteiger partial charge on any atom is -0.347 e. The molecule has 0 radical (unpaired) electrons. The zero-order valence-electron chi connectivity index (χ0n) is 13.5. The Morgan fingerprint density at radius 3 is 2.36 bits per heavy atom. The Labute approximate surface area is 131 Å². The van der Waals surface area contributed by atoms with Crippen LogP contribution in [-0.2, 0) is 4.79 Å². The molecular formula is C17H25N3O2. The summed E-state index contributed by atoms with van der Waals surface area (Å²) in [4.78, 5) is 24.2. The van der Waals surface area contributed by atoms with Gasteiger partial charge in [0.05, 0.1) is 6.04 Å². The van der Waals surface area contributed by atoms with Crippen molar-refractivity contribution in [2.24, 2.45) is 0 Å². The van der Waals surface area contributed by atoms with Crippen molar-refractivity contribution in [1.82, 2.24) is 10.6 Å². The fourth-order valence-electron chi connectivity index (χ4n) is 2.42. The third kappa shape index (κ3) is 4.84. The quantitative estimate of drug-likeness (QED) is 0.802. The third-order valence-corrected chi connectivity index (χ3v) is 3.53. The van der Waals surface area contributed by atoms with E-state index in [2.05, 4.69) is 16.0 Å². The SMILES string of the molecule is CC(C)(C)NC(=O)c1ccc(NC(=O)[C@@H]2CCCCN2)cc1. The van der Waals surface area contributed by atoms with Gasteiger partial charge in [0, 0.05) is 16.8 Å². The second-order valence-electron chi connectivity index (χ2n) is 6.77. The molecule has 5 heteroatoms. The monoisotopic (exact) mass is 303 g/mol. The van der Waals surface area contributed by atoms with Gasteiger partial charge in [-0.05, 0) is 64.4 Å². The summed E-state index contributed by atoms with van der Waals surface area (Å²) in [5, 5.41) is 9.02. The van der Waals surface area contributed by atoms with Gasteiger partial charge in [-0.15, -0.1) is 0 Å². The molecule has 1 aromatic rings. The zero-order chi connectivity index (χ0) is 16.2. The number of carbonyl (C=O) groups is 2. The Balaban J connectivity index is 1.94. The van der Waals surface area contributed by atoms with E-state index in [4.69, 9.17) is 0 Å². The number of rotatable bonds is 3. The molecule has 0 aliphatic carbocycles. The summed E-state index contributed by atoms with van der Waals surface area (Å²) < 4.78 is 0. The third-order valence-electron chi connectivity index (χ3n) is 3.53. The van der Waals surface area contributed by atoms with Crippen molar-refractivity contribution >= 4 is 17.5 Å². The van der Waals surface area contributed by atoms with Crippen LogP contribution in [0.25, 0.3) is 0 Å². The average molecular weight is 303 g/mol. The van der Waals surface area contributed by atoms with Crippen LogP contribution in [0.3, 0.4) is 0 Å². The van der Waals surface area contributed by atoms with E-state index in [9.17, 15) is 9.59 Å². The minimum absolute atomic E-state index is 0.00778. The lowest BCUT2D eigenvalue weighted by Gasteiger charge is -2.22. The first-order valence-corrected chi connectivity index (χ1v) is 7.82. The fourth-order valence-corrected chi connectivity index (χ4v) is 2.42. The van der Waals surface area contributed by atoms with Crippen LogP contribution in [-0.4, -0.2) is 29.9 Å². The van der Waals surface area contributed by atoms with Crippen molar-refractivity contribution in [3.05, 3.63) is 29.8 Å². The molecule has 5 nitrogen and oxygen atoms in total. The lowest BCUT2D eigenvalue weighted by atomic mass is 10.0. The predicted molar refractivity (Wildman–Crippen MR) is 87.9 cm³/mol. The molecule has 1 heterocycles. The summed E-state index contributed by atoms with van der Waals surface area (Å²) in [6.45, 7) is 6.72. The number of benzene rings is 1. The van der Waals surface area contributed by atoms with Gasteiger partial charge in [-0.25, -0.2) is 0 Å². The molecule has 2 amide bonds. The number of hydrogen-bond acceptors (Lipinski definition) is 3. The van der Waals surface area contributed by atoms with Crippen molar-refractivity contribution in [3.63, 3.8) is 0 Å². The Hall–Kier alpha value is -1.88. The van der Waals surface area contributed by atoms with Gasteiger partial charge < -0.3 is 16.0 Å². The number of piperidine rings is 1. The van der Waals surface area contributed by atoms with E-state index in [0.717, 1.165) is 25.8 Å². The first-order valence-electron chi connectivity index (χ1n) is 7.82. The number of nitrogens with one attached hydrogen (secondary N) is 3. The smallest absolute Gasteiger partial charge is 0.251 e. The molecule has 120 valence electrons. The molecule has 0 aromatic heterocycles. The Morgan fingerprint density at radius 2 is 1.82 bits per heavy atom. The first-order chi connectivity index (χ1) is 10.3.